The molecule has 0 aliphatic carbocycles. The first-order valence-corrected chi connectivity index (χ1v) is 8.00. The third-order valence-corrected chi connectivity index (χ3v) is 5.42. The molecule has 3 rings (SSSR count). The van der Waals surface area contributed by atoms with Gasteiger partial charge in [-0.25, -0.2) is 4.98 Å². The zero-order valence-corrected chi connectivity index (χ0v) is 13.3. The number of aliphatic hydroxyl groups is 2. The second kappa shape index (κ2) is 5.88. The summed E-state index contributed by atoms with van der Waals surface area (Å²) in [6.07, 6.45) is 6.65. The van der Waals surface area contributed by atoms with Crippen molar-refractivity contribution in [3.05, 3.63) is 6.33 Å². The van der Waals surface area contributed by atoms with E-state index >= 15 is 0 Å². The van der Waals surface area contributed by atoms with Crippen molar-refractivity contribution in [1.82, 2.24) is 19.5 Å². The number of nitrogens with two attached hydrogens (primary N) is 1. The van der Waals surface area contributed by atoms with Gasteiger partial charge in [-0.05, 0) is 6.92 Å². The number of aromatic nitrogens is 4. The summed E-state index contributed by atoms with van der Waals surface area (Å²) in [5.74, 6) is 2.93. The average Bonchev–Trinajstić information content (AvgIpc) is 3.09. The number of rotatable bonds is 4. The molecule has 2 aromatic rings. The van der Waals surface area contributed by atoms with E-state index in [1.54, 1.807) is 6.33 Å². The average molecular weight is 335 g/mol. The van der Waals surface area contributed by atoms with Crippen molar-refractivity contribution in [3.63, 3.8) is 0 Å². The molecule has 0 aromatic carbocycles. The molecule has 3 unspecified atom stereocenters. The van der Waals surface area contributed by atoms with Crippen molar-refractivity contribution < 1.29 is 14.9 Å². The van der Waals surface area contributed by atoms with Crippen LogP contribution in [-0.2, 0) is 0 Å². The number of fused-ring (bicyclic) bond motifs is 1. The normalized spacial score (nSPS) is 27.2. The van der Waals surface area contributed by atoms with Gasteiger partial charge in [0.25, 0.3) is 0 Å². The molecule has 3 heterocycles. The molecule has 1 aliphatic rings. The summed E-state index contributed by atoms with van der Waals surface area (Å²) in [5.41, 5.74) is 6.68. The van der Waals surface area contributed by atoms with Crippen molar-refractivity contribution in [2.75, 3.05) is 18.9 Å². The first-order valence-electron chi connectivity index (χ1n) is 7.12. The lowest BCUT2D eigenvalue weighted by molar-refractivity contribution is 0.114. The van der Waals surface area contributed by atoms with Crippen molar-refractivity contribution in [2.24, 2.45) is 0 Å². The minimum atomic E-state index is -1.03. The van der Waals surface area contributed by atoms with E-state index < -0.39 is 10.9 Å². The molecule has 0 spiro atoms. The van der Waals surface area contributed by atoms with Crippen LogP contribution in [0, 0.1) is 12.3 Å². The smallest absolute Gasteiger partial charge is 0.245 e. The zero-order chi connectivity index (χ0) is 16.6. The van der Waals surface area contributed by atoms with Gasteiger partial charge >= 0.3 is 0 Å². The summed E-state index contributed by atoms with van der Waals surface area (Å²) in [6.45, 7) is 1.95. The maximum absolute atomic E-state index is 10.3. The van der Waals surface area contributed by atoms with E-state index in [0.717, 1.165) is 0 Å². The number of aliphatic hydroxyl groups excluding tert-OH is 2. The minimum absolute atomic E-state index is 0.0821. The van der Waals surface area contributed by atoms with Crippen LogP contribution < -0.4 is 10.5 Å². The molecular formula is C14H17N5O3S. The molecule has 0 radical (unpaired) electrons. The standard InChI is InChI=1S/C14H17N5O3S/c1-3-14(6-20)8(21)5-9(23-14)19-7-16-11-10(19)12(22-4-2)18-13(15)17-11/h1,7-9,20-21H,4-6H2,2H3,(H2,15,17,18). The molecule has 23 heavy (non-hydrogen) atoms. The second-order valence-electron chi connectivity index (χ2n) is 5.16. The number of ether oxygens (including phenoxy) is 1. The van der Waals surface area contributed by atoms with Gasteiger partial charge in [-0.1, -0.05) is 5.92 Å². The summed E-state index contributed by atoms with van der Waals surface area (Å²) < 4.78 is 6.32. The molecule has 0 amide bonds. The summed E-state index contributed by atoms with van der Waals surface area (Å²) in [4.78, 5) is 12.4. The van der Waals surface area contributed by atoms with Gasteiger partial charge in [0.2, 0.25) is 11.8 Å². The first-order chi connectivity index (χ1) is 11.0. The van der Waals surface area contributed by atoms with Crippen LogP contribution in [0.25, 0.3) is 11.2 Å². The monoisotopic (exact) mass is 335 g/mol. The fourth-order valence-electron chi connectivity index (χ4n) is 2.62. The van der Waals surface area contributed by atoms with Gasteiger partial charge in [0.05, 0.1) is 31.0 Å². The van der Waals surface area contributed by atoms with Crippen molar-refractivity contribution in [1.29, 1.82) is 0 Å². The van der Waals surface area contributed by atoms with E-state index in [-0.39, 0.29) is 17.9 Å². The Bertz CT molecular complexity index is 774. The van der Waals surface area contributed by atoms with Crippen LogP contribution in [0.1, 0.15) is 18.7 Å². The molecule has 1 aliphatic heterocycles. The summed E-state index contributed by atoms with van der Waals surface area (Å²) >= 11 is 1.31. The Labute approximate surface area is 137 Å². The number of anilines is 1. The fraction of sp³-hybridized carbons (Fsp3) is 0.500. The van der Waals surface area contributed by atoms with E-state index in [4.69, 9.17) is 16.9 Å². The highest BCUT2D eigenvalue weighted by Crippen LogP contribution is 2.50. The van der Waals surface area contributed by atoms with Gasteiger partial charge in [-0.2, -0.15) is 9.97 Å². The number of nitrogens with zero attached hydrogens (tertiary/aromatic N) is 4. The third kappa shape index (κ3) is 2.49. The number of hydrogen-bond donors (Lipinski definition) is 3. The molecule has 2 aromatic heterocycles. The second-order valence-corrected chi connectivity index (χ2v) is 6.67. The highest BCUT2D eigenvalue weighted by molar-refractivity contribution is 8.01. The third-order valence-electron chi connectivity index (χ3n) is 3.79. The predicted octanol–water partition coefficient (Wildman–Crippen LogP) is 0.168. The Morgan fingerprint density at radius 3 is 3.00 bits per heavy atom. The Kier molecular flexibility index (Phi) is 4.06. The zero-order valence-electron chi connectivity index (χ0n) is 12.5. The number of hydrogen-bond acceptors (Lipinski definition) is 8. The molecule has 9 heteroatoms. The van der Waals surface area contributed by atoms with Crippen molar-refractivity contribution in [2.45, 2.75) is 29.6 Å². The van der Waals surface area contributed by atoms with Crippen LogP contribution in [0.15, 0.2) is 6.33 Å². The maximum Gasteiger partial charge on any atom is 0.245 e. The van der Waals surface area contributed by atoms with Gasteiger partial charge in [0.1, 0.15) is 4.75 Å². The molecular weight excluding hydrogens is 318 g/mol. The molecule has 0 saturated carbocycles. The topological polar surface area (TPSA) is 119 Å². The molecule has 4 N–H and O–H groups in total. The number of thioether (sulfide) groups is 1. The first kappa shape index (κ1) is 15.9. The van der Waals surface area contributed by atoms with E-state index in [9.17, 15) is 10.2 Å². The number of terminal acetylenes is 1. The van der Waals surface area contributed by atoms with E-state index in [0.29, 0.717) is 30.1 Å². The Balaban J connectivity index is 2.06. The van der Waals surface area contributed by atoms with Crippen LogP contribution in [0.3, 0.4) is 0 Å². The lowest BCUT2D eigenvalue weighted by Gasteiger charge is -2.22. The SMILES string of the molecule is C#CC1(CO)SC(n2cnc3nc(N)nc(OCC)c32)CC1O. The molecule has 1 fully saturated rings. The van der Waals surface area contributed by atoms with Gasteiger partial charge < -0.3 is 25.3 Å². The van der Waals surface area contributed by atoms with Crippen LogP contribution in [0.4, 0.5) is 5.95 Å². The van der Waals surface area contributed by atoms with E-state index in [1.807, 2.05) is 11.5 Å². The van der Waals surface area contributed by atoms with Crippen molar-refractivity contribution in [3.8, 4) is 18.2 Å². The van der Waals surface area contributed by atoms with E-state index in [2.05, 4.69) is 20.9 Å². The molecule has 3 atom stereocenters. The maximum atomic E-state index is 10.3. The highest BCUT2D eigenvalue weighted by Gasteiger charge is 2.47. The van der Waals surface area contributed by atoms with Crippen LogP contribution in [0.5, 0.6) is 5.88 Å². The predicted molar refractivity (Wildman–Crippen MR) is 86.8 cm³/mol. The summed E-state index contributed by atoms with van der Waals surface area (Å²) in [7, 11) is 0. The number of nitrogen functional groups attached to an aromatic ring is 1. The lowest BCUT2D eigenvalue weighted by Crippen LogP contribution is -2.36. The van der Waals surface area contributed by atoms with Gasteiger partial charge in [-0.15, -0.1) is 18.2 Å². The number of imidazole rings is 1. The van der Waals surface area contributed by atoms with Crippen LogP contribution in [0.2, 0.25) is 0 Å². The highest BCUT2D eigenvalue weighted by atomic mass is 32.2. The molecule has 1 saturated heterocycles. The van der Waals surface area contributed by atoms with Gasteiger partial charge in [0.15, 0.2) is 11.2 Å². The summed E-state index contributed by atoms with van der Waals surface area (Å²) in [6, 6.07) is 0. The van der Waals surface area contributed by atoms with E-state index in [1.165, 1.54) is 11.8 Å². The Hall–Kier alpha value is -2.02. The quantitative estimate of drug-likeness (QED) is 0.676. The Morgan fingerprint density at radius 1 is 1.61 bits per heavy atom. The Morgan fingerprint density at radius 2 is 2.39 bits per heavy atom. The lowest BCUT2D eigenvalue weighted by atomic mass is 10.0. The molecule has 122 valence electrons. The van der Waals surface area contributed by atoms with Gasteiger partial charge in [-0.3, -0.25) is 0 Å². The molecule has 0 bridgehead atoms. The van der Waals surface area contributed by atoms with Crippen LogP contribution >= 0.6 is 11.8 Å². The minimum Gasteiger partial charge on any atom is -0.476 e. The fourth-order valence-corrected chi connectivity index (χ4v) is 4.06. The summed E-state index contributed by atoms with van der Waals surface area (Å²) in [5, 5.41) is 19.6. The van der Waals surface area contributed by atoms with Crippen LogP contribution in [-0.4, -0.2) is 53.8 Å². The van der Waals surface area contributed by atoms with Gasteiger partial charge in [0, 0.05) is 6.42 Å². The van der Waals surface area contributed by atoms with Crippen molar-refractivity contribution >= 4 is 28.9 Å². The molecule has 8 nitrogen and oxygen atoms in total. The largest absolute Gasteiger partial charge is 0.476 e.